The van der Waals surface area contributed by atoms with Crippen molar-refractivity contribution in [3.63, 3.8) is 0 Å². The summed E-state index contributed by atoms with van der Waals surface area (Å²) in [5.41, 5.74) is 1.19. The summed E-state index contributed by atoms with van der Waals surface area (Å²) in [7, 11) is 0. The molecule has 1 aliphatic heterocycles. The lowest BCUT2D eigenvalue weighted by molar-refractivity contribution is 0.348. The first kappa shape index (κ1) is 13.0. The molecule has 1 heterocycles. The van der Waals surface area contributed by atoms with E-state index in [1.807, 2.05) is 0 Å². The Bertz CT molecular complexity index is 252. The second kappa shape index (κ2) is 7.28. The van der Waals surface area contributed by atoms with Gasteiger partial charge in [-0.05, 0) is 20.3 Å². The first-order valence-corrected chi connectivity index (χ1v) is 6.21. The molecule has 0 aromatic carbocycles. The van der Waals surface area contributed by atoms with Gasteiger partial charge in [-0.3, -0.25) is 4.99 Å². The zero-order valence-electron chi connectivity index (χ0n) is 10.7. The molecule has 4 heteroatoms. The van der Waals surface area contributed by atoms with Crippen molar-refractivity contribution in [2.75, 3.05) is 32.7 Å². The van der Waals surface area contributed by atoms with Crippen LogP contribution in [0, 0.1) is 0 Å². The van der Waals surface area contributed by atoms with Gasteiger partial charge in [0.15, 0.2) is 5.96 Å². The summed E-state index contributed by atoms with van der Waals surface area (Å²) in [5, 5.41) is 6.75. The molecule has 1 fully saturated rings. The number of hydrogen-bond acceptors (Lipinski definition) is 2. The van der Waals surface area contributed by atoms with E-state index in [1.165, 1.54) is 5.70 Å². The first-order valence-electron chi connectivity index (χ1n) is 6.21. The molecule has 0 unspecified atom stereocenters. The van der Waals surface area contributed by atoms with E-state index in [1.54, 1.807) is 0 Å². The zero-order valence-corrected chi connectivity index (χ0v) is 10.7. The van der Waals surface area contributed by atoms with Crippen LogP contribution in [0.1, 0.15) is 27.2 Å². The molecule has 0 saturated carbocycles. The van der Waals surface area contributed by atoms with Gasteiger partial charge in [-0.15, -0.1) is 0 Å². The van der Waals surface area contributed by atoms with Gasteiger partial charge >= 0.3 is 0 Å². The third kappa shape index (κ3) is 4.23. The SMILES string of the molecule is CC/C=C(\C)NC(=NCC)N1CCNCC1. The lowest BCUT2D eigenvalue weighted by Crippen LogP contribution is -2.50. The van der Waals surface area contributed by atoms with E-state index in [4.69, 9.17) is 0 Å². The lowest BCUT2D eigenvalue weighted by Gasteiger charge is -2.30. The predicted octanol–water partition coefficient (Wildman–Crippen LogP) is 1.17. The maximum atomic E-state index is 4.53. The number of allylic oxidation sites excluding steroid dienone is 2. The summed E-state index contributed by atoms with van der Waals surface area (Å²) in [4.78, 5) is 6.85. The number of guanidine groups is 1. The van der Waals surface area contributed by atoms with Crippen LogP contribution in [-0.4, -0.2) is 43.6 Å². The van der Waals surface area contributed by atoms with Crippen molar-refractivity contribution >= 4 is 5.96 Å². The van der Waals surface area contributed by atoms with Gasteiger partial charge in [0.2, 0.25) is 0 Å². The Hall–Kier alpha value is -1.03. The number of rotatable bonds is 3. The summed E-state index contributed by atoms with van der Waals surface area (Å²) in [5.74, 6) is 1.02. The van der Waals surface area contributed by atoms with Crippen LogP contribution >= 0.6 is 0 Å². The van der Waals surface area contributed by atoms with Crippen molar-refractivity contribution in [1.82, 2.24) is 15.5 Å². The fourth-order valence-electron chi connectivity index (χ4n) is 1.78. The van der Waals surface area contributed by atoms with Gasteiger partial charge in [0.1, 0.15) is 0 Å². The van der Waals surface area contributed by atoms with E-state index in [0.29, 0.717) is 0 Å². The molecular weight excluding hydrogens is 200 g/mol. The minimum Gasteiger partial charge on any atom is -0.340 e. The van der Waals surface area contributed by atoms with Crippen LogP contribution in [-0.2, 0) is 0 Å². The molecule has 92 valence electrons. The maximum Gasteiger partial charge on any atom is 0.198 e. The zero-order chi connectivity index (χ0) is 11.8. The summed E-state index contributed by atoms with van der Waals surface area (Å²) in [6.45, 7) is 11.3. The summed E-state index contributed by atoms with van der Waals surface area (Å²) < 4.78 is 0. The summed E-state index contributed by atoms with van der Waals surface area (Å²) in [6.07, 6.45) is 3.24. The highest BCUT2D eigenvalue weighted by Gasteiger charge is 2.13. The monoisotopic (exact) mass is 224 g/mol. The molecule has 0 aromatic heterocycles. The van der Waals surface area contributed by atoms with Crippen molar-refractivity contribution in [2.45, 2.75) is 27.2 Å². The van der Waals surface area contributed by atoms with E-state index in [9.17, 15) is 0 Å². The largest absolute Gasteiger partial charge is 0.340 e. The van der Waals surface area contributed by atoms with Crippen LogP contribution in [0.25, 0.3) is 0 Å². The Balaban J connectivity index is 2.59. The van der Waals surface area contributed by atoms with Gasteiger partial charge in [0.05, 0.1) is 0 Å². The highest BCUT2D eigenvalue weighted by atomic mass is 15.3. The molecule has 0 aliphatic carbocycles. The van der Waals surface area contributed by atoms with Gasteiger partial charge in [0, 0.05) is 38.4 Å². The van der Waals surface area contributed by atoms with Crippen molar-refractivity contribution in [3.05, 3.63) is 11.8 Å². The Kier molecular flexibility index (Phi) is 5.93. The van der Waals surface area contributed by atoms with Crippen LogP contribution in [0.15, 0.2) is 16.8 Å². The van der Waals surface area contributed by atoms with Gasteiger partial charge < -0.3 is 15.5 Å². The fourth-order valence-corrected chi connectivity index (χ4v) is 1.78. The van der Waals surface area contributed by atoms with Crippen LogP contribution in [0.5, 0.6) is 0 Å². The number of aliphatic imine (C=N–C) groups is 1. The molecule has 1 rings (SSSR count). The lowest BCUT2D eigenvalue weighted by atomic mass is 10.3. The van der Waals surface area contributed by atoms with Crippen molar-refractivity contribution < 1.29 is 0 Å². The van der Waals surface area contributed by atoms with E-state index < -0.39 is 0 Å². The molecular formula is C12H24N4. The predicted molar refractivity (Wildman–Crippen MR) is 69.6 cm³/mol. The highest BCUT2D eigenvalue weighted by molar-refractivity contribution is 5.81. The minimum atomic E-state index is 0.825. The molecule has 0 atom stereocenters. The minimum absolute atomic E-state index is 0.825. The number of hydrogen-bond donors (Lipinski definition) is 2. The van der Waals surface area contributed by atoms with Crippen molar-refractivity contribution in [3.8, 4) is 0 Å². The smallest absolute Gasteiger partial charge is 0.198 e. The highest BCUT2D eigenvalue weighted by Crippen LogP contribution is 1.98. The van der Waals surface area contributed by atoms with E-state index >= 15 is 0 Å². The van der Waals surface area contributed by atoms with Crippen molar-refractivity contribution in [1.29, 1.82) is 0 Å². The number of nitrogens with zero attached hydrogens (tertiary/aromatic N) is 2. The van der Waals surface area contributed by atoms with Gasteiger partial charge in [-0.25, -0.2) is 0 Å². The molecule has 0 radical (unpaired) electrons. The summed E-state index contributed by atoms with van der Waals surface area (Å²) in [6, 6.07) is 0. The maximum absolute atomic E-state index is 4.53. The topological polar surface area (TPSA) is 39.7 Å². The van der Waals surface area contributed by atoms with E-state index in [0.717, 1.165) is 45.1 Å². The normalized spacial score (nSPS) is 18.8. The van der Waals surface area contributed by atoms with Gasteiger partial charge in [0.25, 0.3) is 0 Å². The first-order chi connectivity index (χ1) is 7.77. The Morgan fingerprint density at radius 1 is 1.38 bits per heavy atom. The average molecular weight is 224 g/mol. The Labute approximate surface area is 98.8 Å². The average Bonchev–Trinajstić information content (AvgIpc) is 2.30. The van der Waals surface area contributed by atoms with Gasteiger partial charge in [-0.1, -0.05) is 13.0 Å². The standard InChI is InChI=1S/C12H24N4/c1-4-6-11(3)15-12(14-5-2)16-9-7-13-8-10-16/h6,13H,4-5,7-10H2,1-3H3,(H,14,15)/b11-6+. The molecule has 0 amide bonds. The second-order valence-electron chi connectivity index (χ2n) is 3.96. The van der Waals surface area contributed by atoms with Crippen LogP contribution in [0.3, 0.4) is 0 Å². The molecule has 4 nitrogen and oxygen atoms in total. The molecule has 0 aromatic rings. The van der Waals surface area contributed by atoms with Crippen LogP contribution in [0.2, 0.25) is 0 Å². The molecule has 16 heavy (non-hydrogen) atoms. The number of nitrogens with one attached hydrogen (secondary N) is 2. The molecule has 2 N–H and O–H groups in total. The third-order valence-corrected chi connectivity index (χ3v) is 2.54. The molecule has 0 bridgehead atoms. The molecule has 1 saturated heterocycles. The second-order valence-corrected chi connectivity index (χ2v) is 3.96. The third-order valence-electron chi connectivity index (χ3n) is 2.54. The Morgan fingerprint density at radius 3 is 2.62 bits per heavy atom. The fraction of sp³-hybridized carbons (Fsp3) is 0.750. The number of piperazine rings is 1. The Morgan fingerprint density at radius 2 is 2.06 bits per heavy atom. The van der Waals surface area contributed by atoms with Crippen molar-refractivity contribution in [2.24, 2.45) is 4.99 Å². The van der Waals surface area contributed by atoms with E-state index in [-0.39, 0.29) is 0 Å². The van der Waals surface area contributed by atoms with Crippen LogP contribution < -0.4 is 10.6 Å². The quantitative estimate of drug-likeness (QED) is 0.558. The molecule has 0 spiro atoms. The summed E-state index contributed by atoms with van der Waals surface area (Å²) >= 11 is 0. The van der Waals surface area contributed by atoms with Gasteiger partial charge in [-0.2, -0.15) is 0 Å². The van der Waals surface area contributed by atoms with Crippen LogP contribution in [0.4, 0.5) is 0 Å². The van der Waals surface area contributed by atoms with E-state index in [2.05, 4.69) is 47.4 Å². The molecule has 1 aliphatic rings.